The molecule has 0 unspecified atom stereocenters. The fourth-order valence-corrected chi connectivity index (χ4v) is 2.12. The number of rotatable bonds is 3. The van der Waals surface area contributed by atoms with Crippen molar-refractivity contribution in [2.75, 3.05) is 11.1 Å². The average molecular weight is 342 g/mol. The summed E-state index contributed by atoms with van der Waals surface area (Å²) >= 11 is 3.32. The standard InChI is InChI=1S/C16H12BrN3O/c17-14-9-12(10-18)3-7-15(14)20-16(21)8-4-11-1-5-13(19)6-2-11/h1-9H,19H2,(H,20,21)/b8-4+. The highest BCUT2D eigenvalue weighted by Crippen LogP contribution is 2.23. The number of nitrogens with zero attached hydrogens (tertiary/aromatic N) is 1. The largest absolute Gasteiger partial charge is 0.399 e. The summed E-state index contributed by atoms with van der Waals surface area (Å²) in [7, 11) is 0. The number of benzene rings is 2. The molecule has 2 rings (SSSR count). The maximum absolute atomic E-state index is 11.9. The second kappa shape index (κ2) is 6.73. The van der Waals surface area contributed by atoms with E-state index in [-0.39, 0.29) is 5.91 Å². The third-order valence-electron chi connectivity index (χ3n) is 2.72. The number of anilines is 2. The Morgan fingerprint density at radius 3 is 2.57 bits per heavy atom. The van der Waals surface area contributed by atoms with Gasteiger partial charge in [0.2, 0.25) is 5.91 Å². The topological polar surface area (TPSA) is 78.9 Å². The number of halogens is 1. The van der Waals surface area contributed by atoms with Crippen LogP contribution in [0.15, 0.2) is 53.0 Å². The van der Waals surface area contributed by atoms with Gasteiger partial charge in [0.05, 0.1) is 17.3 Å². The van der Waals surface area contributed by atoms with Crippen LogP contribution in [0.1, 0.15) is 11.1 Å². The Bertz CT molecular complexity index is 730. The molecule has 0 atom stereocenters. The van der Waals surface area contributed by atoms with Crippen molar-refractivity contribution < 1.29 is 4.79 Å². The lowest BCUT2D eigenvalue weighted by Gasteiger charge is -2.05. The van der Waals surface area contributed by atoms with Gasteiger partial charge in [-0.1, -0.05) is 12.1 Å². The summed E-state index contributed by atoms with van der Waals surface area (Å²) in [5.41, 5.74) is 8.30. The maximum Gasteiger partial charge on any atom is 0.248 e. The molecule has 0 saturated carbocycles. The molecule has 1 amide bonds. The van der Waals surface area contributed by atoms with Crippen LogP contribution < -0.4 is 11.1 Å². The van der Waals surface area contributed by atoms with Crippen molar-refractivity contribution in [3.63, 3.8) is 0 Å². The molecule has 0 aromatic heterocycles. The van der Waals surface area contributed by atoms with Crippen LogP contribution in [0.4, 0.5) is 11.4 Å². The van der Waals surface area contributed by atoms with Gasteiger partial charge < -0.3 is 11.1 Å². The van der Waals surface area contributed by atoms with Crippen molar-refractivity contribution in [2.24, 2.45) is 0 Å². The molecule has 5 heteroatoms. The van der Waals surface area contributed by atoms with Gasteiger partial charge in [-0.25, -0.2) is 0 Å². The smallest absolute Gasteiger partial charge is 0.248 e. The number of hydrogen-bond donors (Lipinski definition) is 2. The number of nitriles is 1. The average Bonchev–Trinajstić information content (AvgIpc) is 2.48. The van der Waals surface area contributed by atoms with Gasteiger partial charge in [0, 0.05) is 16.2 Å². The molecule has 0 aliphatic carbocycles. The zero-order valence-electron chi connectivity index (χ0n) is 11.0. The normalized spacial score (nSPS) is 10.3. The molecule has 0 bridgehead atoms. The summed E-state index contributed by atoms with van der Waals surface area (Å²) in [6.45, 7) is 0. The first kappa shape index (κ1) is 14.8. The molecule has 0 spiro atoms. The minimum Gasteiger partial charge on any atom is -0.399 e. The third kappa shape index (κ3) is 4.20. The molecule has 2 aromatic carbocycles. The molecule has 3 N–H and O–H groups in total. The van der Waals surface area contributed by atoms with Crippen LogP contribution in [-0.4, -0.2) is 5.91 Å². The highest BCUT2D eigenvalue weighted by Gasteiger charge is 2.03. The molecule has 0 heterocycles. The van der Waals surface area contributed by atoms with Gasteiger partial charge in [-0.05, 0) is 57.9 Å². The molecule has 0 fully saturated rings. The Hall–Kier alpha value is -2.58. The number of carbonyl (C=O) groups is 1. The minimum absolute atomic E-state index is 0.253. The van der Waals surface area contributed by atoms with Crippen LogP contribution in [0.5, 0.6) is 0 Å². The zero-order chi connectivity index (χ0) is 15.2. The Morgan fingerprint density at radius 1 is 1.24 bits per heavy atom. The number of nitrogens with two attached hydrogens (primary N) is 1. The third-order valence-corrected chi connectivity index (χ3v) is 3.38. The van der Waals surface area contributed by atoms with Crippen LogP contribution in [0.2, 0.25) is 0 Å². The lowest BCUT2D eigenvalue weighted by molar-refractivity contribution is -0.111. The molecule has 2 aromatic rings. The van der Waals surface area contributed by atoms with Crippen molar-refractivity contribution in [2.45, 2.75) is 0 Å². The second-order valence-corrected chi connectivity index (χ2v) is 5.15. The number of nitrogens with one attached hydrogen (secondary N) is 1. The van der Waals surface area contributed by atoms with E-state index in [1.807, 2.05) is 18.2 Å². The zero-order valence-corrected chi connectivity index (χ0v) is 12.6. The molecule has 0 radical (unpaired) electrons. The van der Waals surface area contributed by atoms with Gasteiger partial charge >= 0.3 is 0 Å². The summed E-state index contributed by atoms with van der Waals surface area (Å²) in [6.07, 6.45) is 3.14. The van der Waals surface area contributed by atoms with Crippen molar-refractivity contribution in [3.05, 3.63) is 64.1 Å². The van der Waals surface area contributed by atoms with Crippen molar-refractivity contribution >= 4 is 39.3 Å². The van der Waals surface area contributed by atoms with E-state index in [1.165, 1.54) is 6.08 Å². The van der Waals surface area contributed by atoms with Crippen LogP contribution in [0, 0.1) is 11.3 Å². The highest BCUT2D eigenvalue weighted by molar-refractivity contribution is 9.10. The predicted octanol–water partition coefficient (Wildman–Crippen LogP) is 3.55. The van der Waals surface area contributed by atoms with Crippen LogP contribution in [-0.2, 0) is 4.79 Å². The van der Waals surface area contributed by atoms with Gasteiger partial charge in [0.1, 0.15) is 0 Å². The first-order chi connectivity index (χ1) is 10.1. The number of hydrogen-bond acceptors (Lipinski definition) is 3. The Labute approximate surface area is 131 Å². The fraction of sp³-hybridized carbons (Fsp3) is 0. The van der Waals surface area contributed by atoms with Crippen molar-refractivity contribution in [1.82, 2.24) is 0 Å². The Kier molecular flexibility index (Phi) is 4.75. The summed E-state index contributed by atoms with van der Waals surface area (Å²) in [4.78, 5) is 11.9. The SMILES string of the molecule is N#Cc1ccc(NC(=O)/C=C/c2ccc(N)cc2)c(Br)c1. The van der Waals surface area contributed by atoms with E-state index < -0.39 is 0 Å². The maximum atomic E-state index is 11.9. The number of carbonyl (C=O) groups excluding carboxylic acids is 1. The highest BCUT2D eigenvalue weighted by atomic mass is 79.9. The lowest BCUT2D eigenvalue weighted by atomic mass is 10.2. The van der Waals surface area contributed by atoms with Gasteiger partial charge in [0.15, 0.2) is 0 Å². The molecular weight excluding hydrogens is 330 g/mol. The van der Waals surface area contributed by atoms with E-state index in [9.17, 15) is 4.79 Å². The van der Waals surface area contributed by atoms with E-state index >= 15 is 0 Å². The van der Waals surface area contributed by atoms with Gasteiger partial charge in [-0.15, -0.1) is 0 Å². The number of amides is 1. The van der Waals surface area contributed by atoms with E-state index in [0.29, 0.717) is 21.4 Å². The predicted molar refractivity (Wildman–Crippen MR) is 87.4 cm³/mol. The second-order valence-electron chi connectivity index (χ2n) is 4.30. The monoisotopic (exact) mass is 341 g/mol. The van der Waals surface area contributed by atoms with Crippen LogP contribution in [0.3, 0.4) is 0 Å². The molecule has 0 saturated heterocycles. The van der Waals surface area contributed by atoms with Crippen LogP contribution in [0.25, 0.3) is 6.08 Å². The first-order valence-corrected chi connectivity index (χ1v) is 6.92. The van der Waals surface area contributed by atoms with Crippen molar-refractivity contribution in [3.8, 4) is 6.07 Å². The van der Waals surface area contributed by atoms with Gasteiger partial charge in [-0.3, -0.25) is 4.79 Å². The first-order valence-electron chi connectivity index (χ1n) is 6.13. The molecule has 104 valence electrons. The minimum atomic E-state index is -0.253. The van der Waals surface area contributed by atoms with E-state index in [4.69, 9.17) is 11.0 Å². The molecule has 0 aliphatic heterocycles. The van der Waals surface area contributed by atoms with Gasteiger partial charge in [0.25, 0.3) is 0 Å². The molecule has 21 heavy (non-hydrogen) atoms. The Balaban J connectivity index is 2.05. The Morgan fingerprint density at radius 2 is 1.95 bits per heavy atom. The molecule has 4 nitrogen and oxygen atoms in total. The summed E-state index contributed by atoms with van der Waals surface area (Å²) in [5, 5.41) is 11.5. The molecule has 0 aliphatic rings. The summed E-state index contributed by atoms with van der Waals surface area (Å²) in [5.74, 6) is -0.253. The number of nitrogen functional groups attached to an aromatic ring is 1. The van der Waals surface area contributed by atoms with E-state index in [2.05, 4.69) is 21.2 Å². The summed E-state index contributed by atoms with van der Waals surface area (Å²) < 4.78 is 0.663. The quantitative estimate of drug-likeness (QED) is 0.661. The lowest BCUT2D eigenvalue weighted by Crippen LogP contribution is -2.08. The summed E-state index contributed by atoms with van der Waals surface area (Å²) in [6, 6.07) is 14.2. The van der Waals surface area contributed by atoms with E-state index in [1.54, 1.807) is 36.4 Å². The van der Waals surface area contributed by atoms with Crippen molar-refractivity contribution in [1.29, 1.82) is 5.26 Å². The fourth-order valence-electron chi connectivity index (χ4n) is 1.64. The van der Waals surface area contributed by atoms with E-state index in [0.717, 1.165) is 5.56 Å². The van der Waals surface area contributed by atoms with Gasteiger partial charge in [-0.2, -0.15) is 5.26 Å². The van der Waals surface area contributed by atoms with Crippen LogP contribution >= 0.6 is 15.9 Å². The molecular formula is C16H12BrN3O.